The Labute approximate surface area is 78.8 Å². The van der Waals surface area contributed by atoms with Crippen LogP contribution >= 0.6 is 11.3 Å². The summed E-state index contributed by atoms with van der Waals surface area (Å²) < 4.78 is 16.7. The minimum Gasteiger partial charge on any atom is -0.489 e. The number of hydrogen-bond donors (Lipinski definition) is 1. The van der Waals surface area contributed by atoms with Gasteiger partial charge in [0.2, 0.25) is 0 Å². The molecule has 1 rings (SSSR count). The molecule has 0 radical (unpaired) electrons. The quantitative estimate of drug-likeness (QED) is 0.817. The Hall–Kier alpha value is -1.10. The van der Waals surface area contributed by atoms with E-state index in [-0.39, 0.29) is 17.2 Å². The summed E-state index contributed by atoms with van der Waals surface area (Å²) in [6.07, 6.45) is 0. The van der Waals surface area contributed by atoms with Gasteiger partial charge >= 0.3 is 5.97 Å². The minimum absolute atomic E-state index is 0.101. The number of rotatable bonds is 4. The Balaban J connectivity index is 2.84. The van der Waals surface area contributed by atoms with E-state index in [2.05, 4.69) is 0 Å². The van der Waals surface area contributed by atoms with Gasteiger partial charge in [0, 0.05) is 4.88 Å². The molecular weight excluding hydrogens is 195 g/mol. The van der Waals surface area contributed by atoms with Gasteiger partial charge in [-0.3, -0.25) is 0 Å². The Morgan fingerprint density at radius 3 is 3.00 bits per heavy atom. The van der Waals surface area contributed by atoms with Crippen LogP contribution in [-0.2, 0) is 0 Å². The summed E-state index contributed by atoms with van der Waals surface area (Å²) in [6, 6.07) is 1.60. The average molecular weight is 204 g/mol. The molecule has 0 aliphatic heterocycles. The largest absolute Gasteiger partial charge is 0.489 e. The molecule has 72 valence electrons. The van der Waals surface area contributed by atoms with Gasteiger partial charge in [-0.2, -0.15) is 0 Å². The molecule has 0 atom stereocenters. The van der Waals surface area contributed by atoms with Crippen molar-refractivity contribution in [1.29, 1.82) is 0 Å². The van der Waals surface area contributed by atoms with E-state index in [1.54, 1.807) is 13.0 Å². The number of carbonyl (C=O) groups is 1. The normalized spacial score (nSPS) is 10.0. The second kappa shape index (κ2) is 4.23. The Morgan fingerprint density at radius 2 is 2.46 bits per heavy atom. The van der Waals surface area contributed by atoms with Crippen LogP contribution in [0.1, 0.15) is 14.5 Å². The lowest BCUT2D eigenvalue weighted by molar-refractivity contribution is 0.0697. The monoisotopic (exact) mass is 204 g/mol. The maximum atomic E-state index is 11.7. The van der Waals surface area contributed by atoms with Crippen molar-refractivity contribution in [3.05, 3.63) is 15.8 Å². The molecule has 1 aromatic heterocycles. The van der Waals surface area contributed by atoms with Gasteiger partial charge in [-0.1, -0.05) is 0 Å². The van der Waals surface area contributed by atoms with Gasteiger partial charge in [0.1, 0.15) is 19.0 Å². The van der Waals surface area contributed by atoms with E-state index in [1.165, 1.54) is 0 Å². The number of carboxylic acids is 1. The standard InChI is InChI=1S/C8H9FO3S/c1-5-4-6(12-3-2-9)7(13-5)8(10)11/h4H,2-3H2,1H3,(H,10,11). The highest BCUT2D eigenvalue weighted by Gasteiger charge is 2.14. The van der Waals surface area contributed by atoms with Crippen LogP contribution in [0.4, 0.5) is 4.39 Å². The van der Waals surface area contributed by atoms with Crippen LogP contribution in [0.15, 0.2) is 6.07 Å². The highest BCUT2D eigenvalue weighted by Crippen LogP contribution is 2.28. The number of alkyl halides is 1. The molecule has 1 heterocycles. The van der Waals surface area contributed by atoms with E-state index in [4.69, 9.17) is 9.84 Å². The predicted molar refractivity (Wildman–Crippen MR) is 47.5 cm³/mol. The third kappa shape index (κ3) is 2.42. The summed E-state index contributed by atoms with van der Waals surface area (Å²) in [4.78, 5) is 11.6. The van der Waals surface area contributed by atoms with E-state index >= 15 is 0 Å². The van der Waals surface area contributed by atoms with Gasteiger partial charge in [-0.25, -0.2) is 9.18 Å². The van der Waals surface area contributed by atoms with Gasteiger partial charge in [0.25, 0.3) is 0 Å². The first kappa shape index (κ1) is 9.98. The van der Waals surface area contributed by atoms with Gasteiger partial charge in [-0.05, 0) is 13.0 Å². The first-order valence-electron chi connectivity index (χ1n) is 3.67. The van der Waals surface area contributed by atoms with Crippen molar-refractivity contribution in [3.8, 4) is 5.75 Å². The SMILES string of the molecule is Cc1cc(OCCF)c(C(=O)O)s1. The zero-order chi connectivity index (χ0) is 9.84. The lowest BCUT2D eigenvalue weighted by Crippen LogP contribution is -2.02. The van der Waals surface area contributed by atoms with Gasteiger partial charge < -0.3 is 9.84 Å². The van der Waals surface area contributed by atoms with E-state index in [1.807, 2.05) is 0 Å². The van der Waals surface area contributed by atoms with Crippen molar-refractivity contribution in [3.63, 3.8) is 0 Å². The van der Waals surface area contributed by atoms with Gasteiger partial charge in [0.05, 0.1) is 0 Å². The van der Waals surface area contributed by atoms with Gasteiger partial charge in [0.15, 0.2) is 4.88 Å². The van der Waals surface area contributed by atoms with Crippen LogP contribution < -0.4 is 4.74 Å². The van der Waals surface area contributed by atoms with Crippen molar-refractivity contribution in [2.75, 3.05) is 13.3 Å². The molecule has 13 heavy (non-hydrogen) atoms. The fourth-order valence-corrected chi connectivity index (χ4v) is 1.69. The molecule has 0 saturated carbocycles. The lowest BCUT2D eigenvalue weighted by atomic mass is 10.4. The van der Waals surface area contributed by atoms with E-state index < -0.39 is 12.6 Å². The molecule has 1 aromatic rings. The summed E-state index contributed by atoms with van der Waals surface area (Å²) in [6.45, 7) is 1.06. The molecule has 5 heteroatoms. The fourth-order valence-electron chi connectivity index (χ4n) is 0.896. The summed E-state index contributed by atoms with van der Waals surface area (Å²) in [5, 5.41) is 8.71. The molecule has 0 unspecified atom stereocenters. The minimum atomic E-state index is -1.04. The molecule has 0 aromatic carbocycles. The first-order valence-corrected chi connectivity index (χ1v) is 4.49. The first-order chi connectivity index (χ1) is 6.15. The third-order valence-electron chi connectivity index (χ3n) is 1.35. The number of aryl methyl sites for hydroxylation is 1. The van der Waals surface area contributed by atoms with Crippen LogP contribution in [0.2, 0.25) is 0 Å². The molecule has 0 aliphatic rings. The van der Waals surface area contributed by atoms with Crippen LogP contribution in [0.25, 0.3) is 0 Å². The molecule has 3 nitrogen and oxygen atoms in total. The Bertz CT molecular complexity index is 308. The maximum Gasteiger partial charge on any atom is 0.349 e. The maximum absolute atomic E-state index is 11.7. The number of hydrogen-bond acceptors (Lipinski definition) is 3. The smallest absolute Gasteiger partial charge is 0.349 e. The van der Waals surface area contributed by atoms with Crippen molar-refractivity contribution < 1.29 is 19.0 Å². The molecule has 0 fully saturated rings. The zero-order valence-corrected chi connectivity index (χ0v) is 7.86. The fraction of sp³-hybridized carbons (Fsp3) is 0.375. The molecule has 0 aliphatic carbocycles. The highest BCUT2D eigenvalue weighted by molar-refractivity contribution is 7.14. The van der Waals surface area contributed by atoms with Gasteiger partial charge in [-0.15, -0.1) is 11.3 Å². The second-order valence-corrected chi connectivity index (χ2v) is 3.65. The van der Waals surface area contributed by atoms with Crippen LogP contribution in [0, 0.1) is 6.92 Å². The molecule has 0 bridgehead atoms. The molecule has 0 spiro atoms. The molecule has 1 N–H and O–H groups in total. The topological polar surface area (TPSA) is 46.5 Å². The highest BCUT2D eigenvalue weighted by atomic mass is 32.1. The predicted octanol–water partition coefficient (Wildman–Crippen LogP) is 2.10. The Kier molecular flexibility index (Phi) is 3.25. The summed E-state index contributed by atoms with van der Waals surface area (Å²) in [7, 11) is 0. The number of aromatic carboxylic acids is 1. The van der Waals surface area contributed by atoms with Crippen molar-refractivity contribution in [1.82, 2.24) is 0 Å². The van der Waals surface area contributed by atoms with Crippen molar-refractivity contribution >= 4 is 17.3 Å². The number of thiophene rings is 1. The zero-order valence-electron chi connectivity index (χ0n) is 7.04. The third-order valence-corrected chi connectivity index (χ3v) is 2.37. The Morgan fingerprint density at radius 1 is 1.77 bits per heavy atom. The molecule has 0 saturated heterocycles. The van der Waals surface area contributed by atoms with Crippen molar-refractivity contribution in [2.24, 2.45) is 0 Å². The average Bonchev–Trinajstić information content (AvgIpc) is 2.43. The van der Waals surface area contributed by atoms with Crippen LogP contribution in [0.5, 0.6) is 5.75 Å². The van der Waals surface area contributed by atoms with E-state index in [0.29, 0.717) is 0 Å². The van der Waals surface area contributed by atoms with E-state index in [9.17, 15) is 9.18 Å². The summed E-state index contributed by atoms with van der Waals surface area (Å²) in [5.74, 6) is -0.778. The number of carboxylic acid groups (broad SMARTS) is 1. The number of ether oxygens (including phenoxy) is 1. The van der Waals surface area contributed by atoms with E-state index in [0.717, 1.165) is 16.2 Å². The van der Waals surface area contributed by atoms with Crippen LogP contribution in [0.3, 0.4) is 0 Å². The lowest BCUT2D eigenvalue weighted by Gasteiger charge is -2.00. The van der Waals surface area contributed by atoms with Crippen molar-refractivity contribution in [2.45, 2.75) is 6.92 Å². The molecular formula is C8H9FO3S. The second-order valence-electron chi connectivity index (χ2n) is 2.39. The van der Waals surface area contributed by atoms with Crippen LogP contribution in [-0.4, -0.2) is 24.4 Å². The molecule has 0 amide bonds. The summed E-state index contributed by atoms with van der Waals surface area (Å²) >= 11 is 1.13. The number of halogens is 1. The summed E-state index contributed by atoms with van der Waals surface area (Å²) in [5.41, 5.74) is 0.